The van der Waals surface area contributed by atoms with Crippen molar-refractivity contribution in [3.8, 4) is 5.75 Å². The molecule has 0 radical (unpaired) electrons. The standard InChI is InChI=1S/C13H17N3O3S/c1-3-16-10-11(9-14-16)20(17,18)15-12-7-5-6-8-13(12)19-4-2/h5-10,15H,3-4H2,1-2H3. The molecule has 0 aliphatic heterocycles. The highest BCUT2D eigenvalue weighted by Gasteiger charge is 2.18. The Morgan fingerprint density at radius 2 is 2.05 bits per heavy atom. The molecule has 0 aliphatic carbocycles. The zero-order chi connectivity index (χ0) is 14.6. The summed E-state index contributed by atoms with van der Waals surface area (Å²) >= 11 is 0. The molecule has 1 heterocycles. The summed E-state index contributed by atoms with van der Waals surface area (Å²) in [4.78, 5) is 0.130. The van der Waals surface area contributed by atoms with Crippen molar-refractivity contribution >= 4 is 15.7 Å². The van der Waals surface area contributed by atoms with Gasteiger partial charge in [-0.25, -0.2) is 8.42 Å². The molecule has 0 atom stereocenters. The van der Waals surface area contributed by atoms with E-state index in [0.29, 0.717) is 24.6 Å². The Bertz CT molecular complexity index is 680. The average Bonchev–Trinajstić information content (AvgIpc) is 2.91. The van der Waals surface area contributed by atoms with E-state index in [-0.39, 0.29) is 4.90 Å². The van der Waals surface area contributed by atoms with E-state index in [1.165, 1.54) is 12.4 Å². The maximum Gasteiger partial charge on any atom is 0.265 e. The van der Waals surface area contributed by atoms with Crippen LogP contribution in [0.1, 0.15) is 13.8 Å². The molecule has 1 aromatic carbocycles. The van der Waals surface area contributed by atoms with E-state index in [1.807, 2.05) is 13.8 Å². The van der Waals surface area contributed by atoms with Crippen molar-refractivity contribution in [2.75, 3.05) is 11.3 Å². The van der Waals surface area contributed by atoms with Gasteiger partial charge in [0.2, 0.25) is 0 Å². The Balaban J connectivity index is 2.28. The second-order valence-electron chi connectivity index (χ2n) is 4.07. The molecule has 2 rings (SSSR count). The zero-order valence-electron chi connectivity index (χ0n) is 11.4. The molecule has 0 amide bonds. The van der Waals surface area contributed by atoms with E-state index in [0.717, 1.165) is 0 Å². The van der Waals surface area contributed by atoms with Crippen LogP contribution in [0.4, 0.5) is 5.69 Å². The predicted molar refractivity (Wildman–Crippen MR) is 76.3 cm³/mol. The number of hydrogen-bond acceptors (Lipinski definition) is 4. The van der Waals surface area contributed by atoms with Gasteiger partial charge in [-0.05, 0) is 26.0 Å². The van der Waals surface area contributed by atoms with Gasteiger partial charge < -0.3 is 4.74 Å². The van der Waals surface area contributed by atoms with E-state index in [4.69, 9.17) is 4.74 Å². The Labute approximate surface area is 118 Å². The molecular formula is C13H17N3O3S. The summed E-state index contributed by atoms with van der Waals surface area (Å²) in [5, 5.41) is 3.97. The van der Waals surface area contributed by atoms with Crippen molar-refractivity contribution in [2.24, 2.45) is 0 Å². The molecule has 0 saturated carbocycles. The normalized spacial score (nSPS) is 11.3. The summed E-state index contributed by atoms with van der Waals surface area (Å²) in [7, 11) is -3.66. The van der Waals surface area contributed by atoms with Gasteiger partial charge in [-0.1, -0.05) is 12.1 Å². The molecule has 20 heavy (non-hydrogen) atoms. The van der Waals surface area contributed by atoms with E-state index in [9.17, 15) is 8.42 Å². The Hall–Kier alpha value is -2.02. The van der Waals surface area contributed by atoms with Crippen LogP contribution in [-0.4, -0.2) is 24.8 Å². The molecule has 0 spiro atoms. The summed E-state index contributed by atoms with van der Waals surface area (Å²) < 4.78 is 34.0. The Morgan fingerprint density at radius 1 is 1.30 bits per heavy atom. The highest BCUT2D eigenvalue weighted by Crippen LogP contribution is 2.26. The minimum absolute atomic E-state index is 0.130. The van der Waals surface area contributed by atoms with Gasteiger partial charge in [0.15, 0.2) is 0 Å². The molecule has 0 unspecified atom stereocenters. The molecule has 7 heteroatoms. The largest absolute Gasteiger partial charge is 0.492 e. The Kier molecular flexibility index (Phi) is 4.29. The van der Waals surface area contributed by atoms with E-state index < -0.39 is 10.0 Å². The molecule has 0 bridgehead atoms. The van der Waals surface area contributed by atoms with Crippen molar-refractivity contribution in [3.05, 3.63) is 36.7 Å². The second kappa shape index (κ2) is 5.96. The molecular weight excluding hydrogens is 278 g/mol. The van der Waals surface area contributed by atoms with Crippen molar-refractivity contribution < 1.29 is 13.2 Å². The molecule has 1 N–H and O–H groups in total. The topological polar surface area (TPSA) is 73.2 Å². The van der Waals surface area contributed by atoms with Gasteiger partial charge in [0.25, 0.3) is 10.0 Å². The van der Waals surface area contributed by atoms with Crippen LogP contribution in [0.3, 0.4) is 0 Å². The first-order valence-corrected chi connectivity index (χ1v) is 7.82. The highest BCUT2D eigenvalue weighted by molar-refractivity contribution is 7.92. The number of rotatable bonds is 6. The predicted octanol–water partition coefficient (Wildman–Crippen LogP) is 2.10. The SMILES string of the molecule is CCOc1ccccc1NS(=O)(=O)c1cnn(CC)c1. The summed E-state index contributed by atoms with van der Waals surface area (Å²) in [6, 6.07) is 6.91. The summed E-state index contributed by atoms with van der Waals surface area (Å²) in [6.45, 7) is 4.81. The van der Waals surface area contributed by atoms with Crippen molar-refractivity contribution in [1.29, 1.82) is 0 Å². The van der Waals surface area contributed by atoms with Gasteiger partial charge in [-0.2, -0.15) is 5.10 Å². The van der Waals surface area contributed by atoms with Gasteiger partial charge in [-0.3, -0.25) is 9.40 Å². The number of sulfonamides is 1. The molecule has 0 aliphatic rings. The summed E-state index contributed by atoms with van der Waals surface area (Å²) in [5.74, 6) is 0.501. The third-order valence-corrected chi connectivity index (χ3v) is 4.00. The molecule has 6 nitrogen and oxygen atoms in total. The number of ether oxygens (including phenoxy) is 1. The summed E-state index contributed by atoms with van der Waals surface area (Å²) in [6.07, 6.45) is 2.82. The number of benzene rings is 1. The number of aryl methyl sites for hydroxylation is 1. The fourth-order valence-corrected chi connectivity index (χ4v) is 2.71. The van der Waals surface area contributed by atoms with Crippen LogP contribution >= 0.6 is 0 Å². The molecule has 1 aromatic heterocycles. The second-order valence-corrected chi connectivity index (χ2v) is 5.75. The first-order valence-electron chi connectivity index (χ1n) is 6.34. The number of nitrogens with zero attached hydrogens (tertiary/aromatic N) is 2. The van der Waals surface area contributed by atoms with Crippen molar-refractivity contribution in [3.63, 3.8) is 0 Å². The van der Waals surface area contributed by atoms with Crippen LogP contribution in [-0.2, 0) is 16.6 Å². The quantitative estimate of drug-likeness (QED) is 0.885. The maximum atomic E-state index is 12.3. The van der Waals surface area contributed by atoms with Crippen LogP contribution in [0.5, 0.6) is 5.75 Å². The van der Waals surface area contributed by atoms with Gasteiger partial charge in [-0.15, -0.1) is 0 Å². The zero-order valence-corrected chi connectivity index (χ0v) is 12.2. The molecule has 0 fully saturated rings. The lowest BCUT2D eigenvalue weighted by Crippen LogP contribution is -2.13. The van der Waals surface area contributed by atoms with Gasteiger partial charge >= 0.3 is 0 Å². The third-order valence-electron chi connectivity index (χ3n) is 2.68. The fourth-order valence-electron chi connectivity index (χ4n) is 1.69. The van der Waals surface area contributed by atoms with Crippen LogP contribution in [0.15, 0.2) is 41.6 Å². The molecule has 108 valence electrons. The Morgan fingerprint density at radius 3 is 2.70 bits per heavy atom. The third kappa shape index (κ3) is 3.11. The summed E-state index contributed by atoms with van der Waals surface area (Å²) in [5.41, 5.74) is 0.415. The highest BCUT2D eigenvalue weighted by atomic mass is 32.2. The minimum atomic E-state index is -3.66. The lowest BCUT2D eigenvalue weighted by molar-refractivity contribution is 0.342. The first-order chi connectivity index (χ1) is 9.56. The van der Waals surface area contributed by atoms with E-state index in [2.05, 4.69) is 9.82 Å². The van der Waals surface area contributed by atoms with Crippen molar-refractivity contribution in [2.45, 2.75) is 25.3 Å². The average molecular weight is 295 g/mol. The van der Waals surface area contributed by atoms with E-state index >= 15 is 0 Å². The maximum absolute atomic E-state index is 12.3. The van der Waals surface area contributed by atoms with Gasteiger partial charge in [0.1, 0.15) is 10.6 Å². The van der Waals surface area contributed by atoms with Crippen LogP contribution in [0.2, 0.25) is 0 Å². The molecule has 2 aromatic rings. The van der Waals surface area contributed by atoms with E-state index in [1.54, 1.807) is 28.9 Å². The first kappa shape index (κ1) is 14.4. The molecule has 0 saturated heterocycles. The lowest BCUT2D eigenvalue weighted by Gasteiger charge is -2.11. The number of nitrogens with one attached hydrogen (secondary N) is 1. The van der Waals surface area contributed by atoms with Crippen LogP contribution in [0, 0.1) is 0 Å². The fraction of sp³-hybridized carbons (Fsp3) is 0.308. The monoisotopic (exact) mass is 295 g/mol. The lowest BCUT2D eigenvalue weighted by atomic mass is 10.3. The van der Waals surface area contributed by atoms with Gasteiger partial charge in [0, 0.05) is 12.7 Å². The van der Waals surface area contributed by atoms with Gasteiger partial charge in [0.05, 0.1) is 18.5 Å². The van der Waals surface area contributed by atoms with Crippen molar-refractivity contribution in [1.82, 2.24) is 9.78 Å². The number of hydrogen-bond donors (Lipinski definition) is 1. The number of anilines is 1. The van der Waals surface area contributed by atoms with Crippen LogP contribution < -0.4 is 9.46 Å². The van der Waals surface area contributed by atoms with Crippen LogP contribution in [0.25, 0.3) is 0 Å². The minimum Gasteiger partial charge on any atom is -0.492 e. The smallest absolute Gasteiger partial charge is 0.265 e. The number of para-hydroxylation sites is 2. The number of aromatic nitrogens is 2.